The quantitative estimate of drug-likeness (QED) is 0.240. The molecule has 0 atom stereocenters. The predicted molar refractivity (Wildman–Crippen MR) is 63.1 cm³/mol. The van der Waals surface area contributed by atoms with E-state index in [4.69, 9.17) is 4.74 Å². The van der Waals surface area contributed by atoms with Crippen molar-refractivity contribution >= 4 is 14.0 Å². The molecule has 84 valence electrons. The second-order valence-electron chi connectivity index (χ2n) is 4.14. The SMILES string of the molecule is C=C(COCC#C[Si](C)(C)C)C(=O)OC. The Bertz CT molecular complexity index is 291. The maximum absolute atomic E-state index is 10.9. The van der Waals surface area contributed by atoms with Crippen molar-refractivity contribution in [2.24, 2.45) is 0 Å². The van der Waals surface area contributed by atoms with Crippen molar-refractivity contribution in [2.75, 3.05) is 20.3 Å². The van der Waals surface area contributed by atoms with Crippen molar-refractivity contribution in [3.8, 4) is 11.5 Å². The van der Waals surface area contributed by atoms with Crippen LogP contribution in [0.2, 0.25) is 19.6 Å². The van der Waals surface area contributed by atoms with Crippen LogP contribution in [0.15, 0.2) is 12.2 Å². The first-order chi connectivity index (χ1) is 6.87. The predicted octanol–water partition coefficient (Wildman–Crippen LogP) is 1.61. The number of carbonyl (C=O) groups excluding carboxylic acids is 1. The summed E-state index contributed by atoms with van der Waals surface area (Å²) >= 11 is 0. The van der Waals surface area contributed by atoms with Gasteiger partial charge in [-0.15, -0.1) is 5.54 Å². The Balaban J connectivity index is 3.76. The van der Waals surface area contributed by atoms with Gasteiger partial charge in [0.15, 0.2) is 0 Å². The summed E-state index contributed by atoms with van der Waals surface area (Å²) in [5.74, 6) is 2.50. The van der Waals surface area contributed by atoms with E-state index in [1.807, 2.05) is 0 Å². The lowest BCUT2D eigenvalue weighted by Crippen LogP contribution is -2.16. The van der Waals surface area contributed by atoms with Crippen molar-refractivity contribution < 1.29 is 14.3 Å². The lowest BCUT2D eigenvalue weighted by Gasteiger charge is -2.04. The zero-order valence-electron chi connectivity index (χ0n) is 9.85. The number of hydrogen-bond donors (Lipinski definition) is 0. The molecule has 0 aliphatic carbocycles. The highest BCUT2D eigenvalue weighted by Gasteiger charge is 2.07. The molecule has 0 N–H and O–H groups in total. The molecule has 3 nitrogen and oxygen atoms in total. The topological polar surface area (TPSA) is 35.5 Å². The summed E-state index contributed by atoms with van der Waals surface area (Å²) < 4.78 is 9.64. The van der Waals surface area contributed by atoms with Gasteiger partial charge in [-0.3, -0.25) is 0 Å². The Labute approximate surface area is 92.5 Å². The van der Waals surface area contributed by atoms with Crippen LogP contribution >= 0.6 is 0 Å². The van der Waals surface area contributed by atoms with Gasteiger partial charge in [0.1, 0.15) is 14.7 Å². The minimum absolute atomic E-state index is 0.174. The monoisotopic (exact) mass is 226 g/mol. The van der Waals surface area contributed by atoms with Crippen LogP contribution in [0.1, 0.15) is 0 Å². The molecule has 0 spiro atoms. The van der Waals surface area contributed by atoms with Gasteiger partial charge in [0, 0.05) is 0 Å². The largest absolute Gasteiger partial charge is 0.466 e. The summed E-state index contributed by atoms with van der Waals surface area (Å²) in [5.41, 5.74) is 3.47. The molecule has 0 aromatic rings. The first-order valence-electron chi connectivity index (χ1n) is 4.70. The van der Waals surface area contributed by atoms with Crippen LogP contribution in [0.4, 0.5) is 0 Å². The molecule has 0 aliphatic rings. The average molecular weight is 226 g/mol. The molecular formula is C11H18O3Si. The van der Waals surface area contributed by atoms with Gasteiger partial charge in [-0.05, 0) is 0 Å². The first-order valence-corrected chi connectivity index (χ1v) is 8.20. The Hall–Kier alpha value is -1.05. The highest BCUT2D eigenvalue weighted by atomic mass is 28.3. The maximum atomic E-state index is 10.9. The second-order valence-corrected chi connectivity index (χ2v) is 8.89. The van der Waals surface area contributed by atoms with Crippen LogP contribution in [0.5, 0.6) is 0 Å². The molecule has 0 unspecified atom stereocenters. The van der Waals surface area contributed by atoms with E-state index in [2.05, 4.69) is 42.4 Å². The van der Waals surface area contributed by atoms with Gasteiger partial charge in [0.2, 0.25) is 0 Å². The van der Waals surface area contributed by atoms with E-state index in [9.17, 15) is 4.79 Å². The molecule has 0 heterocycles. The van der Waals surface area contributed by atoms with Gasteiger partial charge in [-0.1, -0.05) is 32.1 Å². The molecule has 15 heavy (non-hydrogen) atoms. The standard InChI is InChI=1S/C11H18O3Si/c1-10(11(12)13-2)9-14-7-6-8-15(3,4)5/h1,7,9H2,2-5H3. The van der Waals surface area contributed by atoms with Crippen molar-refractivity contribution in [3.63, 3.8) is 0 Å². The van der Waals surface area contributed by atoms with Crippen LogP contribution in [0.25, 0.3) is 0 Å². The summed E-state index contributed by atoms with van der Waals surface area (Å²) in [4.78, 5) is 10.9. The van der Waals surface area contributed by atoms with Crippen molar-refractivity contribution in [2.45, 2.75) is 19.6 Å². The molecule has 0 aliphatic heterocycles. The number of ether oxygens (including phenoxy) is 2. The summed E-state index contributed by atoms with van der Waals surface area (Å²) in [6, 6.07) is 0. The highest BCUT2D eigenvalue weighted by Crippen LogP contribution is 1.97. The zero-order chi connectivity index (χ0) is 11.9. The van der Waals surface area contributed by atoms with Crippen LogP contribution < -0.4 is 0 Å². The van der Waals surface area contributed by atoms with Crippen molar-refractivity contribution in [1.82, 2.24) is 0 Å². The molecule has 4 heteroatoms. The molecule has 0 saturated carbocycles. The van der Waals surface area contributed by atoms with Crippen LogP contribution in [0.3, 0.4) is 0 Å². The van der Waals surface area contributed by atoms with Gasteiger partial charge in [0.05, 0.1) is 19.3 Å². The van der Waals surface area contributed by atoms with E-state index in [0.717, 1.165) is 0 Å². The lowest BCUT2D eigenvalue weighted by atomic mass is 10.3. The number of esters is 1. The van der Waals surface area contributed by atoms with E-state index in [1.165, 1.54) is 7.11 Å². The van der Waals surface area contributed by atoms with Gasteiger partial charge < -0.3 is 9.47 Å². The molecule has 0 amide bonds. The number of methoxy groups -OCH3 is 1. The summed E-state index contributed by atoms with van der Waals surface area (Å²) in [6.07, 6.45) is 0. The normalized spacial score (nSPS) is 10.1. The fraction of sp³-hybridized carbons (Fsp3) is 0.545. The lowest BCUT2D eigenvalue weighted by molar-refractivity contribution is -0.136. The molecular weight excluding hydrogens is 208 g/mol. The minimum Gasteiger partial charge on any atom is -0.466 e. The Morgan fingerprint density at radius 1 is 1.40 bits per heavy atom. The third kappa shape index (κ3) is 7.98. The fourth-order valence-corrected chi connectivity index (χ4v) is 1.33. The van der Waals surface area contributed by atoms with Crippen molar-refractivity contribution in [1.29, 1.82) is 0 Å². The van der Waals surface area contributed by atoms with Crippen LogP contribution in [0, 0.1) is 11.5 Å². The number of carbonyl (C=O) groups is 1. The summed E-state index contributed by atoms with van der Waals surface area (Å²) in [7, 11) is -0.000291. The van der Waals surface area contributed by atoms with Crippen molar-refractivity contribution in [3.05, 3.63) is 12.2 Å². The van der Waals surface area contributed by atoms with Crippen LogP contribution in [-0.4, -0.2) is 34.4 Å². The van der Waals surface area contributed by atoms with Crippen LogP contribution in [-0.2, 0) is 14.3 Å². The summed E-state index contributed by atoms with van der Waals surface area (Å²) in [6.45, 7) is 10.5. The maximum Gasteiger partial charge on any atom is 0.335 e. The third-order valence-electron chi connectivity index (χ3n) is 1.39. The molecule has 0 fully saturated rings. The molecule has 0 bridgehead atoms. The van der Waals surface area contributed by atoms with Gasteiger partial charge in [-0.25, -0.2) is 4.79 Å². The van der Waals surface area contributed by atoms with E-state index >= 15 is 0 Å². The van der Waals surface area contributed by atoms with E-state index < -0.39 is 14.0 Å². The highest BCUT2D eigenvalue weighted by molar-refractivity contribution is 6.83. The zero-order valence-corrected chi connectivity index (χ0v) is 10.8. The van der Waals surface area contributed by atoms with Gasteiger partial charge in [-0.2, -0.15) is 0 Å². The average Bonchev–Trinajstić information content (AvgIpc) is 2.14. The van der Waals surface area contributed by atoms with E-state index in [-0.39, 0.29) is 6.61 Å². The summed E-state index contributed by atoms with van der Waals surface area (Å²) in [5, 5.41) is 0. The Morgan fingerprint density at radius 3 is 2.47 bits per heavy atom. The minimum atomic E-state index is -1.32. The smallest absolute Gasteiger partial charge is 0.335 e. The molecule has 0 rings (SSSR count). The third-order valence-corrected chi connectivity index (χ3v) is 2.31. The Kier molecular flexibility index (Phi) is 5.98. The molecule has 0 aromatic carbocycles. The van der Waals surface area contributed by atoms with Gasteiger partial charge in [0.25, 0.3) is 0 Å². The number of rotatable bonds is 4. The molecule has 0 radical (unpaired) electrons. The first kappa shape index (κ1) is 13.9. The molecule has 0 saturated heterocycles. The second kappa shape index (κ2) is 6.43. The molecule has 0 aromatic heterocycles. The van der Waals surface area contributed by atoms with E-state index in [0.29, 0.717) is 12.2 Å². The fourth-order valence-electron chi connectivity index (χ4n) is 0.730. The number of hydrogen-bond acceptors (Lipinski definition) is 3. The Morgan fingerprint density at radius 2 is 2.00 bits per heavy atom. The van der Waals surface area contributed by atoms with Gasteiger partial charge >= 0.3 is 5.97 Å². The van der Waals surface area contributed by atoms with E-state index in [1.54, 1.807) is 0 Å².